The molecule has 1 aromatic rings. The first kappa shape index (κ1) is 13.2. The first-order chi connectivity index (χ1) is 9.13. The van der Waals surface area contributed by atoms with Crippen LogP contribution in [0.4, 0.5) is 5.69 Å². The summed E-state index contributed by atoms with van der Waals surface area (Å²) in [5.74, 6) is -0.439. The molecule has 0 fully saturated rings. The van der Waals surface area contributed by atoms with Gasteiger partial charge >= 0.3 is 11.9 Å². The Morgan fingerprint density at radius 2 is 1.89 bits per heavy atom. The number of esters is 1. The quantitative estimate of drug-likeness (QED) is 0.559. The van der Waals surface area contributed by atoms with E-state index in [0.29, 0.717) is 30.4 Å². The molecule has 0 N–H and O–H groups in total. The number of fused-ring (bicyclic) bond motifs is 1. The van der Waals surface area contributed by atoms with Gasteiger partial charge in [0.1, 0.15) is 0 Å². The molecule has 0 saturated carbocycles. The zero-order valence-electron chi connectivity index (χ0n) is 10.8. The molecular weight excluding hydrogens is 250 g/mol. The van der Waals surface area contributed by atoms with Crippen molar-refractivity contribution in [1.82, 2.24) is 0 Å². The van der Waals surface area contributed by atoms with Crippen molar-refractivity contribution in [1.29, 1.82) is 0 Å². The third kappa shape index (κ3) is 2.78. The summed E-state index contributed by atoms with van der Waals surface area (Å²) in [6.07, 6.45) is 0.806. The van der Waals surface area contributed by atoms with Gasteiger partial charge in [-0.15, -0.1) is 0 Å². The van der Waals surface area contributed by atoms with Crippen LogP contribution in [0.2, 0.25) is 0 Å². The summed E-state index contributed by atoms with van der Waals surface area (Å²) in [7, 11) is 2.67. The number of likely N-dealkylation sites (N-methyl/N-ethyl adjacent to an activating group) is 1. The van der Waals surface area contributed by atoms with Gasteiger partial charge in [0.2, 0.25) is 0 Å². The van der Waals surface area contributed by atoms with Crippen LogP contribution in [0.15, 0.2) is 18.2 Å². The molecule has 0 saturated heterocycles. The number of hydrogen-bond acceptors (Lipinski definition) is 5. The fourth-order valence-corrected chi connectivity index (χ4v) is 1.70. The van der Waals surface area contributed by atoms with E-state index in [1.807, 2.05) is 0 Å². The van der Waals surface area contributed by atoms with Crippen molar-refractivity contribution in [3.05, 3.63) is 18.2 Å². The van der Waals surface area contributed by atoms with Crippen molar-refractivity contribution in [3.8, 4) is 11.5 Å². The van der Waals surface area contributed by atoms with Gasteiger partial charge in [-0.2, -0.15) is 0 Å². The number of hydrogen-bond donors (Lipinski definition) is 0. The van der Waals surface area contributed by atoms with E-state index >= 15 is 0 Å². The van der Waals surface area contributed by atoms with E-state index < -0.39 is 11.9 Å². The lowest BCUT2D eigenvalue weighted by molar-refractivity contribution is -0.151. The molecule has 1 amide bonds. The standard InChI is InChI=1S/C13H15NO5/c1-14(12(15)13(16)17-2)9-4-5-10-11(8-9)19-7-3-6-18-10/h4-5,8H,3,6-7H2,1-2H3. The van der Waals surface area contributed by atoms with Crippen molar-refractivity contribution in [2.45, 2.75) is 6.42 Å². The molecule has 1 aromatic carbocycles. The minimum atomic E-state index is -0.908. The van der Waals surface area contributed by atoms with Gasteiger partial charge in [0.05, 0.1) is 20.3 Å². The largest absolute Gasteiger partial charge is 0.490 e. The third-order valence-corrected chi connectivity index (χ3v) is 2.78. The van der Waals surface area contributed by atoms with Crippen molar-refractivity contribution in [2.24, 2.45) is 0 Å². The van der Waals surface area contributed by atoms with Crippen molar-refractivity contribution >= 4 is 17.6 Å². The highest BCUT2D eigenvalue weighted by Gasteiger charge is 2.22. The molecule has 1 aliphatic rings. The van der Waals surface area contributed by atoms with Gasteiger partial charge in [-0.05, 0) is 12.1 Å². The van der Waals surface area contributed by atoms with Crippen LogP contribution >= 0.6 is 0 Å². The SMILES string of the molecule is COC(=O)C(=O)N(C)c1ccc2c(c1)OCCCO2. The Bertz CT molecular complexity index is 500. The number of rotatable bonds is 1. The lowest BCUT2D eigenvalue weighted by atomic mass is 10.2. The molecule has 102 valence electrons. The number of ether oxygens (including phenoxy) is 3. The summed E-state index contributed by atoms with van der Waals surface area (Å²) >= 11 is 0. The summed E-state index contributed by atoms with van der Waals surface area (Å²) in [5, 5.41) is 0. The average Bonchev–Trinajstić information content (AvgIpc) is 2.69. The van der Waals surface area contributed by atoms with Gasteiger partial charge in [-0.1, -0.05) is 0 Å². The molecule has 0 spiro atoms. The summed E-state index contributed by atoms with van der Waals surface area (Å²) in [5.41, 5.74) is 0.541. The van der Waals surface area contributed by atoms with Crippen molar-refractivity contribution in [2.75, 3.05) is 32.3 Å². The minimum absolute atomic E-state index is 0.541. The summed E-state index contributed by atoms with van der Waals surface area (Å²) < 4.78 is 15.4. The van der Waals surface area contributed by atoms with E-state index in [1.54, 1.807) is 18.2 Å². The molecule has 0 aliphatic carbocycles. The van der Waals surface area contributed by atoms with Gasteiger partial charge in [-0.25, -0.2) is 4.79 Å². The topological polar surface area (TPSA) is 65.1 Å². The van der Waals surface area contributed by atoms with Crippen LogP contribution in [0.5, 0.6) is 11.5 Å². The number of methoxy groups -OCH3 is 1. The summed E-state index contributed by atoms with van der Waals surface area (Å²) in [6.45, 7) is 1.16. The van der Waals surface area contributed by atoms with E-state index in [2.05, 4.69) is 4.74 Å². The molecule has 19 heavy (non-hydrogen) atoms. The van der Waals surface area contributed by atoms with E-state index in [1.165, 1.54) is 19.1 Å². The van der Waals surface area contributed by atoms with Crippen LogP contribution in [0.1, 0.15) is 6.42 Å². The highest BCUT2D eigenvalue weighted by molar-refractivity contribution is 6.37. The maximum Gasteiger partial charge on any atom is 0.397 e. The Balaban J connectivity index is 2.23. The van der Waals surface area contributed by atoms with E-state index in [4.69, 9.17) is 9.47 Å². The predicted molar refractivity (Wildman–Crippen MR) is 67.5 cm³/mol. The zero-order valence-corrected chi connectivity index (χ0v) is 10.8. The van der Waals surface area contributed by atoms with Crippen molar-refractivity contribution < 1.29 is 23.8 Å². The lowest BCUT2D eigenvalue weighted by Crippen LogP contribution is -2.33. The van der Waals surface area contributed by atoms with Crippen LogP contribution in [-0.2, 0) is 14.3 Å². The molecule has 0 unspecified atom stereocenters. The molecule has 0 aromatic heterocycles. The maximum atomic E-state index is 11.7. The maximum absolute atomic E-state index is 11.7. The number of amides is 1. The molecule has 2 rings (SSSR count). The Morgan fingerprint density at radius 3 is 2.58 bits per heavy atom. The summed E-state index contributed by atoms with van der Waals surface area (Å²) in [4.78, 5) is 24.1. The minimum Gasteiger partial charge on any atom is -0.490 e. The highest BCUT2D eigenvalue weighted by atomic mass is 16.5. The normalized spacial score (nSPS) is 13.4. The predicted octanol–water partition coefficient (Wildman–Crippen LogP) is 0.984. The van der Waals surface area contributed by atoms with Crippen LogP contribution < -0.4 is 14.4 Å². The fraction of sp³-hybridized carbons (Fsp3) is 0.385. The molecule has 0 bridgehead atoms. The first-order valence-electron chi connectivity index (χ1n) is 5.89. The van der Waals surface area contributed by atoms with Crippen LogP contribution in [0, 0.1) is 0 Å². The molecule has 0 radical (unpaired) electrons. The Morgan fingerprint density at radius 1 is 1.21 bits per heavy atom. The number of carbonyl (C=O) groups excluding carboxylic acids is 2. The third-order valence-electron chi connectivity index (χ3n) is 2.78. The average molecular weight is 265 g/mol. The number of nitrogens with zero attached hydrogens (tertiary/aromatic N) is 1. The zero-order chi connectivity index (χ0) is 13.8. The number of carbonyl (C=O) groups is 2. The second-order valence-corrected chi connectivity index (χ2v) is 4.04. The second-order valence-electron chi connectivity index (χ2n) is 4.04. The van der Waals surface area contributed by atoms with Gasteiger partial charge < -0.3 is 19.1 Å². The fourth-order valence-electron chi connectivity index (χ4n) is 1.70. The first-order valence-corrected chi connectivity index (χ1v) is 5.89. The molecular formula is C13H15NO5. The molecule has 6 heteroatoms. The Hall–Kier alpha value is -2.24. The van der Waals surface area contributed by atoms with Crippen LogP contribution in [0.25, 0.3) is 0 Å². The van der Waals surface area contributed by atoms with Crippen molar-refractivity contribution in [3.63, 3.8) is 0 Å². The molecule has 1 heterocycles. The second kappa shape index (κ2) is 5.60. The number of anilines is 1. The van der Waals surface area contributed by atoms with Crippen LogP contribution in [0.3, 0.4) is 0 Å². The summed E-state index contributed by atoms with van der Waals surface area (Å²) in [6, 6.07) is 5.08. The van der Waals surface area contributed by atoms with Gasteiger partial charge in [0.15, 0.2) is 11.5 Å². The van der Waals surface area contributed by atoms with E-state index in [-0.39, 0.29) is 0 Å². The smallest absolute Gasteiger partial charge is 0.397 e. The highest BCUT2D eigenvalue weighted by Crippen LogP contribution is 2.33. The van der Waals surface area contributed by atoms with Gasteiger partial charge in [0.25, 0.3) is 0 Å². The van der Waals surface area contributed by atoms with Crippen LogP contribution in [-0.4, -0.2) is 39.2 Å². The van der Waals surface area contributed by atoms with Gasteiger partial charge in [0, 0.05) is 25.2 Å². The lowest BCUT2D eigenvalue weighted by Gasteiger charge is -2.17. The molecule has 6 nitrogen and oxygen atoms in total. The number of benzene rings is 1. The molecule has 0 atom stereocenters. The monoisotopic (exact) mass is 265 g/mol. The molecule has 1 aliphatic heterocycles. The van der Waals surface area contributed by atoms with E-state index in [0.717, 1.165) is 6.42 Å². The van der Waals surface area contributed by atoms with Gasteiger partial charge in [-0.3, -0.25) is 4.79 Å². The Kier molecular flexibility index (Phi) is 3.89. The Labute approximate surface area is 110 Å². The van der Waals surface area contributed by atoms with E-state index in [9.17, 15) is 9.59 Å².